The zero-order valence-electron chi connectivity index (χ0n) is 6.42. The summed E-state index contributed by atoms with van der Waals surface area (Å²) in [5, 5.41) is 9.61. The first kappa shape index (κ1) is 13.2. The summed E-state index contributed by atoms with van der Waals surface area (Å²) in [7, 11) is 0. The molecule has 0 unspecified atom stereocenters. The fourth-order valence-corrected chi connectivity index (χ4v) is 0.490. The minimum absolute atomic E-state index is 0.000347. The van der Waals surface area contributed by atoms with Gasteiger partial charge < -0.3 is 0 Å². The first-order valence-corrected chi connectivity index (χ1v) is 3.14. The summed E-state index contributed by atoms with van der Waals surface area (Å²) in [4.78, 5) is 0. The Hall–Kier alpha value is -0.790. The molecule has 0 N–H and O–H groups in total. The van der Waals surface area contributed by atoms with Crippen molar-refractivity contribution in [3.63, 3.8) is 0 Å². The number of hydrogen-bond acceptors (Lipinski definition) is 0. The van der Waals surface area contributed by atoms with Crippen LogP contribution in [0, 0.1) is 0 Å². The average molecular weight is 225 g/mol. The fraction of sp³-hybridized carbons (Fsp3) is 0.667. The number of halogens is 7. The van der Waals surface area contributed by atoms with Crippen molar-refractivity contribution in [2.45, 2.75) is 18.0 Å². The van der Waals surface area contributed by atoms with E-state index in [2.05, 4.69) is 0 Å². The third kappa shape index (κ3) is 2.37. The Kier molecular flexibility index (Phi) is 3.54. The third-order valence-corrected chi connectivity index (χ3v) is 1.20. The van der Waals surface area contributed by atoms with Gasteiger partial charge in [-0.1, -0.05) is 6.08 Å². The number of hydrogen-bond donors (Lipinski definition) is 0. The second-order valence-electron chi connectivity index (χ2n) is 2.26. The molecule has 0 spiro atoms. The van der Waals surface area contributed by atoms with E-state index in [4.69, 9.17) is 0 Å². The van der Waals surface area contributed by atoms with Gasteiger partial charge in [0, 0.05) is 0 Å². The molecule has 0 aromatic heterocycles. The highest BCUT2D eigenvalue weighted by atomic mass is 19.4. The molecule has 0 bridgehead atoms. The lowest BCUT2D eigenvalue weighted by molar-refractivity contribution is -0.341. The largest absolute Gasteiger partial charge is 0.460 e. The topological polar surface area (TPSA) is 19.9 Å². The zero-order chi connectivity index (χ0) is 11.6. The predicted molar refractivity (Wildman–Crippen MR) is 30.6 cm³/mol. The summed E-state index contributed by atoms with van der Waals surface area (Å²) < 4.78 is 82.6. The molecule has 0 saturated heterocycles. The van der Waals surface area contributed by atoms with E-state index < -0.39 is 30.7 Å². The van der Waals surface area contributed by atoms with Gasteiger partial charge in [-0.3, -0.25) is 0 Å². The Balaban J connectivity index is 4.97. The van der Waals surface area contributed by atoms with Crippen molar-refractivity contribution in [3.8, 4) is 0 Å². The molecule has 83 valence electrons. The van der Waals surface area contributed by atoms with Gasteiger partial charge in [-0.05, 0) is 6.08 Å². The van der Waals surface area contributed by atoms with E-state index in [0.29, 0.717) is 0 Å². The van der Waals surface area contributed by atoms with Crippen molar-refractivity contribution in [1.82, 2.24) is 0 Å². The van der Waals surface area contributed by atoms with Gasteiger partial charge in [0.1, 0.15) is 6.61 Å². The predicted octanol–water partition coefficient (Wildman–Crippen LogP) is 2.81. The van der Waals surface area contributed by atoms with E-state index in [1.54, 1.807) is 0 Å². The number of rotatable bonds is 3. The van der Waals surface area contributed by atoms with E-state index in [0.717, 1.165) is 0 Å². The molecule has 0 atom stereocenters. The Bertz CT molecular complexity index is 217. The summed E-state index contributed by atoms with van der Waals surface area (Å²) in [5.74, 6) is -11.6. The molecule has 0 aromatic rings. The SMILES string of the molecule is [O]C/C=C/C(F)(F)C(F)(F)C(F)(F)F. The lowest BCUT2D eigenvalue weighted by Crippen LogP contribution is -2.50. The number of allylic oxidation sites excluding steroid dienone is 1. The van der Waals surface area contributed by atoms with Crippen molar-refractivity contribution in [2.75, 3.05) is 6.61 Å². The molecule has 0 fully saturated rings. The second-order valence-corrected chi connectivity index (χ2v) is 2.26. The Morgan fingerprint density at radius 1 is 0.929 bits per heavy atom. The van der Waals surface area contributed by atoms with Crippen molar-refractivity contribution >= 4 is 0 Å². The maximum Gasteiger partial charge on any atom is 0.460 e. The average Bonchev–Trinajstić information content (AvgIpc) is 1.98. The lowest BCUT2D eigenvalue weighted by atomic mass is 10.1. The van der Waals surface area contributed by atoms with E-state index >= 15 is 0 Å². The smallest absolute Gasteiger partial charge is 0.232 e. The van der Waals surface area contributed by atoms with Crippen LogP contribution >= 0.6 is 0 Å². The molecule has 0 rings (SSSR count). The monoisotopic (exact) mass is 225 g/mol. The van der Waals surface area contributed by atoms with Crippen LogP contribution in [0.3, 0.4) is 0 Å². The highest BCUT2D eigenvalue weighted by Gasteiger charge is 2.71. The lowest BCUT2D eigenvalue weighted by Gasteiger charge is -2.25. The van der Waals surface area contributed by atoms with Crippen LogP contribution < -0.4 is 0 Å². The first-order chi connectivity index (χ1) is 6.06. The van der Waals surface area contributed by atoms with Gasteiger partial charge in [0.2, 0.25) is 0 Å². The van der Waals surface area contributed by atoms with Gasteiger partial charge in [-0.15, -0.1) is 0 Å². The van der Waals surface area contributed by atoms with E-state index in [9.17, 15) is 35.8 Å². The van der Waals surface area contributed by atoms with Gasteiger partial charge in [-0.2, -0.15) is 30.7 Å². The van der Waals surface area contributed by atoms with Gasteiger partial charge in [0.15, 0.2) is 0 Å². The summed E-state index contributed by atoms with van der Waals surface area (Å²) in [6, 6.07) is 0. The molecular weight excluding hydrogens is 221 g/mol. The maximum absolute atomic E-state index is 12.2. The van der Waals surface area contributed by atoms with Gasteiger partial charge in [0.25, 0.3) is 0 Å². The Labute approximate surface area is 73.8 Å². The normalized spacial score (nSPS) is 15.1. The summed E-state index contributed by atoms with van der Waals surface area (Å²) in [6.07, 6.45) is -7.10. The summed E-state index contributed by atoms with van der Waals surface area (Å²) in [6.45, 7) is -1.30. The van der Waals surface area contributed by atoms with Gasteiger partial charge in [0.05, 0.1) is 0 Å². The van der Waals surface area contributed by atoms with Gasteiger partial charge >= 0.3 is 18.0 Å². The van der Waals surface area contributed by atoms with E-state index in [1.807, 2.05) is 0 Å². The molecule has 0 aromatic carbocycles. The molecule has 0 heterocycles. The first-order valence-electron chi connectivity index (χ1n) is 3.14. The molecule has 0 saturated carbocycles. The van der Waals surface area contributed by atoms with Crippen LogP contribution in [0.4, 0.5) is 30.7 Å². The second kappa shape index (κ2) is 3.76. The van der Waals surface area contributed by atoms with Crippen LogP contribution in [0.25, 0.3) is 0 Å². The molecular formula is C6H4F7O. The van der Waals surface area contributed by atoms with Crippen LogP contribution in [0.5, 0.6) is 0 Å². The van der Waals surface area contributed by atoms with Crippen LogP contribution in [-0.2, 0) is 5.11 Å². The molecule has 1 nitrogen and oxygen atoms in total. The van der Waals surface area contributed by atoms with Crippen molar-refractivity contribution in [2.24, 2.45) is 0 Å². The molecule has 0 amide bonds. The minimum atomic E-state index is -6.36. The molecule has 0 aliphatic rings. The molecule has 1 radical (unpaired) electrons. The van der Waals surface area contributed by atoms with Crippen LogP contribution in [-0.4, -0.2) is 24.6 Å². The highest BCUT2D eigenvalue weighted by molar-refractivity contribution is 5.05. The Morgan fingerprint density at radius 3 is 1.64 bits per heavy atom. The van der Waals surface area contributed by atoms with Crippen LogP contribution in [0.1, 0.15) is 0 Å². The third-order valence-electron chi connectivity index (χ3n) is 1.20. The molecule has 0 aliphatic heterocycles. The Morgan fingerprint density at radius 2 is 1.36 bits per heavy atom. The standard InChI is InChI=1S/C6H4F7O/c7-4(8,2-1-3-14)5(9,10)6(11,12)13/h1-2H,3H2/b2-1+. The number of alkyl halides is 7. The molecule has 0 aliphatic carbocycles. The van der Waals surface area contributed by atoms with Crippen LogP contribution in [0.15, 0.2) is 12.2 Å². The minimum Gasteiger partial charge on any atom is -0.232 e. The summed E-state index contributed by atoms with van der Waals surface area (Å²) >= 11 is 0. The van der Waals surface area contributed by atoms with E-state index in [1.165, 1.54) is 0 Å². The highest BCUT2D eigenvalue weighted by Crippen LogP contribution is 2.46. The van der Waals surface area contributed by atoms with Gasteiger partial charge in [-0.25, -0.2) is 5.11 Å². The van der Waals surface area contributed by atoms with Crippen molar-refractivity contribution < 1.29 is 35.8 Å². The van der Waals surface area contributed by atoms with Crippen molar-refractivity contribution in [3.05, 3.63) is 12.2 Å². The van der Waals surface area contributed by atoms with Crippen LogP contribution in [0.2, 0.25) is 0 Å². The van der Waals surface area contributed by atoms with E-state index in [-0.39, 0.29) is 6.08 Å². The maximum atomic E-state index is 12.2. The quantitative estimate of drug-likeness (QED) is 0.520. The zero-order valence-corrected chi connectivity index (χ0v) is 6.42. The molecule has 8 heteroatoms. The fourth-order valence-electron chi connectivity index (χ4n) is 0.490. The summed E-state index contributed by atoms with van der Waals surface area (Å²) in [5.41, 5.74) is 0. The van der Waals surface area contributed by atoms with Crippen molar-refractivity contribution in [1.29, 1.82) is 0 Å². The molecule has 14 heavy (non-hydrogen) atoms.